The maximum Gasteiger partial charge on any atom is 0.308 e. The molecule has 1 atom stereocenters. The summed E-state index contributed by atoms with van der Waals surface area (Å²) in [6, 6.07) is 0. The van der Waals surface area contributed by atoms with Crippen molar-refractivity contribution < 1.29 is 9.53 Å². The van der Waals surface area contributed by atoms with Gasteiger partial charge in [-0.1, -0.05) is 29.4 Å². The summed E-state index contributed by atoms with van der Waals surface area (Å²) < 4.78 is 5.34. The molecular formula is C7H11BrO2. The van der Waals surface area contributed by atoms with E-state index in [1.165, 1.54) is 7.11 Å². The molecule has 0 rings (SSSR count). The number of carbonyl (C=O) groups excluding carboxylic acids is 1. The Morgan fingerprint density at radius 1 is 1.80 bits per heavy atom. The fraction of sp³-hybridized carbons (Fsp3) is 0.571. The molecule has 0 aliphatic rings. The van der Waals surface area contributed by atoms with E-state index >= 15 is 0 Å². The Bertz CT molecular complexity index is 143. The molecule has 0 unspecified atom stereocenters. The van der Waals surface area contributed by atoms with Crippen LogP contribution in [0.5, 0.6) is 0 Å². The molecule has 0 aromatic rings. The third-order valence-electron chi connectivity index (χ3n) is 1.13. The van der Waals surface area contributed by atoms with Gasteiger partial charge in [0.2, 0.25) is 0 Å². The molecule has 58 valence electrons. The molecule has 0 bridgehead atoms. The molecule has 0 radical (unpaired) electrons. The molecular weight excluding hydrogens is 196 g/mol. The van der Waals surface area contributed by atoms with Crippen molar-refractivity contribution in [2.45, 2.75) is 13.3 Å². The highest BCUT2D eigenvalue weighted by molar-refractivity contribution is 9.11. The fourth-order valence-corrected chi connectivity index (χ4v) is 1.10. The number of ether oxygens (including phenoxy) is 1. The van der Waals surface area contributed by atoms with E-state index in [2.05, 4.69) is 27.2 Å². The molecule has 0 spiro atoms. The highest BCUT2D eigenvalue weighted by Crippen LogP contribution is 2.15. The molecule has 0 heterocycles. The first kappa shape index (κ1) is 9.69. The summed E-state index contributed by atoms with van der Waals surface area (Å²) in [5.41, 5.74) is 0. The van der Waals surface area contributed by atoms with E-state index in [1.54, 1.807) is 6.92 Å². The number of esters is 1. The highest BCUT2D eigenvalue weighted by Gasteiger charge is 2.12. The summed E-state index contributed by atoms with van der Waals surface area (Å²) in [5.74, 6) is -0.294. The van der Waals surface area contributed by atoms with Crippen molar-refractivity contribution in [1.82, 2.24) is 0 Å². The Labute approximate surface area is 69.4 Å². The number of hydrogen-bond donors (Lipinski definition) is 0. The predicted octanol–water partition coefficient (Wildman–Crippen LogP) is 2.09. The summed E-state index contributed by atoms with van der Waals surface area (Å²) in [7, 11) is 1.38. The van der Waals surface area contributed by atoms with Gasteiger partial charge in [0.25, 0.3) is 0 Å². The van der Waals surface area contributed by atoms with E-state index in [1.807, 2.05) is 0 Å². The number of methoxy groups -OCH3 is 1. The standard InChI is InChI=1S/C7H11BrO2/c1-5(4-6(2)8)7(9)10-3/h5H,2,4H2,1,3H3/t5-/m0/s1. The molecule has 10 heavy (non-hydrogen) atoms. The molecule has 0 amide bonds. The monoisotopic (exact) mass is 206 g/mol. The zero-order valence-corrected chi connectivity index (χ0v) is 7.77. The summed E-state index contributed by atoms with van der Waals surface area (Å²) >= 11 is 3.17. The van der Waals surface area contributed by atoms with E-state index in [0.717, 1.165) is 4.48 Å². The number of hydrogen-bond acceptors (Lipinski definition) is 2. The first-order chi connectivity index (χ1) is 4.57. The molecule has 2 nitrogen and oxygen atoms in total. The minimum atomic E-state index is -0.194. The first-order valence-corrected chi connectivity index (χ1v) is 3.78. The average molecular weight is 207 g/mol. The van der Waals surface area contributed by atoms with Crippen LogP contribution in [0.15, 0.2) is 11.1 Å². The zero-order chi connectivity index (χ0) is 8.15. The molecule has 0 saturated heterocycles. The zero-order valence-electron chi connectivity index (χ0n) is 6.19. The largest absolute Gasteiger partial charge is 0.469 e. The second-order valence-electron chi connectivity index (χ2n) is 2.15. The molecule has 0 aliphatic carbocycles. The molecule has 0 saturated carbocycles. The molecule has 0 aromatic carbocycles. The second-order valence-corrected chi connectivity index (χ2v) is 3.27. The fourth-order valence-electron chi connectivity index (χ4n) is 0.617. The van der Waals surface area contributed by atoms with Gasteiger partial charge in [0, 0.05) is 0 Å². The minimum Gasteiger partial charge on any atom is -0.469 e. The average Bonchev–Trinajstić information content (AvgIpc) is 1.85. The highest BCUT2D eigenvalue weighted by atomic mass is 79.9. The van der Waals surface area contributed by atoms with Crippen LogP contribution in [0.1, 0.15) is 13.3 Å². The van der Waals surface area contributed by atoms with Crippen molar-refractivity contribution in [1.29, 1.82) is 0 Å². The van der Waals surface area contributed by atoms with Crippen LogP contribution in [0.3, 0.4) is 0 Å². The third kappa shape index (κ3) is 3.67. The number of allylic oxidation sites excluding steroid dienone is 1. The maximum atomic E-state index is 10.8. The minimum absolute atomic E-state index is 0.100. The number of carbonyl (C=O) groups is 1. The van der Waals surface area contributed by atoms with Crippen LogP contribution in [0.2, 0.25) is 0 Å². The van der Waals surface area contributed by atoms with Gasteiger partial charge in [-0.15, -0.1) is 0 Å². The second kappa shape index (κ2) is 4.50. The van der Waals surface area contributed by atoms with Crippen LogP contribution in [0, 0.1) is 5.92 Å². The van der Waals surface area contributed by atoms with E-state index in [9.17, 15) is 4.79 Å². The van der Waals surface area contributed by atoms with E-state index in [-0.39, 0.29) is 11.9 Å². The van der Waals surface area contributed by atoms with Crippen molar-refractivity contribution in [3.05, 3.63) is 11.1 Å². The van der Waals surface area contributed by atoms with Gasteiger partial charge in [0.15, 0.2) is 0 Å². The predicted molar refractivity (Wildman–Crippen MR) is 43.9 cm³/mol. The van der Waals surface area contributed by atoms with Crippen molar-refractivity contribution in [2.24, 2.45) is 5.92 Å². The Morgan fingerprint density at radius 2 is 2.30 bits per heavy atom. The number of rotatable bonds is 3. The van der Waals surface area contributed by atoms with E-state index in [0.29, 0.717) is 6.42 Å². The van der Waals surface area contributed by atoms with E-state index < -0.39 is 0 Å². The van der Waals surface area contributed by atoms with Crippen molar-refractivity contribution in [3.8, 4) is 0 Å². The molecule has 0 fully saturated rings. The van der Waals surface area contributed by atoms with Gasteiger partial charge < -0.3 is 4.74 Å². The van der Waals surface area contributed by atoms with Crippen molar-refractivity contribution in [2.75, 3.05) is 7.11 Å². The van der Waals surface area contributed by atoms with Crippen LogP contribution in [0.4, 0.5) is 0 Å². The maximum absolute atomic E-state index is 10.8. The SMILES string of the molecule is C=C(Br)C[C@H](C)C(=O)OC. The summed E-state index contributed by atoms with van der Waals surface area (Å²) in [6.45, 7) is 5.42. The lowest BCUT2D eigenvalue weighted by atomic mass is 10.1. The van der Waals surface area contributed by atoms with Crippen LogP contribution in [-0.2, 0) is 9.53 Å². The normalized spacial score (nSPS) is 12.3. The van der Waals surface area contributed by atoms with Crippen molar-refractivity contribution in [3.63, 3.8) is 0 Å². The van der Waals surface area contributed by atoms with Gasteiger partial charge in [-0.2, -0.15) is 0 Å². The van der Waals surface area contributed by atoms with Crippen LogP contribution in [0.25, 0.3) is 0 Å². The lowest BCUT2D eigenvalue weighted by Crippen LogP contribution is -2.12. The topological polar surface area (TPSA) is 26.3 Å². The Morgan fingerprint density at radius 3 is 2.60 bits per heavy atom. The van der Waals surface area contributed by atoms with Gasteiger partial charge in [0.1, 0.15) is 0 Å². The lowest BCUT2D eigenvalue weighted by Gasteiger charge is -2.06. The third-order valence-corrected chi connectivity index (χ3v) is 1.45. The van der Waals surface area contributed by atoms with Gasteiger partial charge in [0.05, 0.1) is 13.0 Å². The number of halogens is 1. The smallest absolute Gasteiger partial charge is 0.308 e. The molecule has 0 aromatic heterocycles. The van der Waals surface area contributed by atoms with Crippen LogP contribution >= 0.6 is 15.9 Å². The van der Waals surface area contributed by atoms with Gasteiger partial charge in [-0.05, 0) is 10.9 Å². The Hall–Kier alpha value is -0.310. The van der Waals surface area contributed by atoms with Crippen molar-refractivity contribution >= 4 is 21.9 Å². The Balaban J connectivity index is 3.72. The Kier molecular flexibility index (Phi) is 4.36. The first-order valence-electron chi connectivity index (χ1n) is 2.99. The van der Waals surface area contributed by atoms with Gasteiger partial charge in [-0.25, -0.2) is 0 Å². The summed E-state index contributed by atoms with van der Waals surface area (Å²) in [6.07, 6.45) is 0.632. The molecule has 0 aliphatic heterocycles. The lowest BCUT2D eigenvalue weighted by molar-refractivity contribution is -0.144. The van der Waals surface area contributed by atoms with Crippen LogP contribution < -0.4 is 0 Å². The molecule has 0 N–H and O–H groups in total. The quantitative estimate of drug-likeness (QED) is 0.662. The van der Waals surface area contributed by atoms with E-state index in [4.69, 9.17) is 0 Å². The van der Waals surface area contributed by atoms with Crippen LogP contribution in [-0.4, -0.2) is 13.1 Å². The van der Waals surface area contributed by atoms with Gasteiger partial charge >= 0.3 is 5.97 Å². The molecule has 3 heteroatoms. The van der Waals surface area contributed by atoms with Gasteiger partial charge in [-0.3, -0.25) is 4.79 Å². The summed E-state index contributed by atoms with van der Waals surface area (Å²) in [4.78, 5) is 10.8. The summed E-state index contributed by atoms with van der Waals surface area (Å²) in [5, 5.41) is 0.